The SMILES string of the molecule is C[C@@H]1CN(C(=O)c2ccc(Cl)c(Cc3cc4ccc(OC(F)(F)F)cc4n3C)c2Cl)CC[C@@H]1C(=O)O. The number of carboxylic acid groups (broad SMARTS) is 1. The normalized spacial score (nSPS) is 18.5. The fourth-order valence-electron chi connectivity index (χ4n) is 4.71. The Hall–Kier alpha value is -2.91. The number of likely N-dealkylation sites (tertiary alicyclic amines) is 1. The number of aliphatic carboxylic acids is 1. The van der Waals surface area contributed by atoms with E-state index in [1.807, 2.05) is 6.07 Å². The number of carbonyl (C=O) groups is 2. The molecule has 0 unspecified atom stereocenters. The van der Waals surface area contributed by atoms with Crippen LogP contribution in [0.1, 0.15) is 35.0 Å². The van der Waals surface area contributed by atoms with Crippen LogP contribution < -0.4 is 4.74 Å². The van der Waals surface area contributed by atoms with E-state index in [0.717, 1.165) is 5.69 Å². The number of amides is 1. The molecule has 2 heterocycles. The number of carbonyl (C=O) groups excluding carboxylic acids is 1. The zero-order valence-corrected chi connectivity index (χ0v) is 20.9. The van der Waals surface area contributed by atoms with Gasteiger partial charge in [0.05, 0.1) is 22.0 Å². The molecule has 2 aromatic carbocycles. The summed E-state index contributed by atoms with van der Waals surface area (Å²) < 4.78 is 43.6. The molecular formula is C25H23Cl2F3N2O4. The average molecular weight is 543 g/mol. The van der Waals surface area contributed by atoms with Gasteiger partial charge in [-0.05, 0) is 48.2 Å². The number of alkyl halides is 3. The highest BCUT2D eigenvalue weighted by Crippen LogP contribution is 2.34. The Balaban J connectivity index is 1.61. The van der Waals surface area contributed by atoms with Crippen molar-refractivity contribution in [3.8, 4) is 5.75 Å². The lowest BCUT2D eigenvalue weighted by Gasteiger charge is -2.35. The molecule has 192 valence electrons. The van der Waals surface area contributed by atoms with E-state index >= 15 is 0 Å². The number of nitrogens with zero attached hydrogens (tertiary/aromatic N) is 2. The fourth-order valence-corrected chi connectivity index (χ4v) is 5.29. The monoisotopic (exact) mass is 542 g/mol. The van der Waals surface area contributed by atoms with Crippen molar-refractivity contribution in [3.63, 3.8) is 0 Å². The Morgan fingerprint density at radius 3 is 2.53 bits per heavy atom. The average Bonchev–Trinajstić information content (AvgIpc) is 3.09. The summed E-state index contributed by atoms with van der Waals surface area (Å²) >= 11 is 13.1. The molecule has 0 aliphatic carbocycles. The molecule has 1 fully saturated rings. The molecule has 0 saturated carbocycles. The lowest BCUT2D eigenvalue weighted by Crippen LogP contribution is -2.45. The first kappa shape index (κ1) is 26.2. The van der Waals surface area contributed by atoms with Crippen molar-refractivity contribution in [1.29, 1.82) is 0 Å². The Labute approximate surface area is 215 Å². The van der Waals surface area contributed by atoms with Gasteiger partial charge in [-0.15, -0.1) is 13.2 Å². The van der Waals surface area contributed by atoms with Crippen molar-refractivity contribution < 1.29 is 32.6 Å². The number of ether oxygens (including phenoxy) is 1. The van der Waals surface area contributed by atoms with Crippen molar-refractivity contribution in [2.45, 2.75) is 26.1 Å². The zero-order valence-electron chi connectivity index (χ0n) is 19.4. The highest BCUT2D eigenvalue weighted by molar-refractivity contribution is 6.38. The number of rotatable bonds is 5. The minimum atomic E-state index is -4.80. The second-order valence-electron chi connectivity index (χ2n) is 8.99. The van der Waals surface area contributed by atoms with Gasteiger partial charge in [-0.25, -0.2) is 0 Å². The third-order valence-corrected chi connectivity index (χ3v) is 7.42. The Morgan fingerprint density at radius 2 is 1.89 bits per heavy atom. The van der Waals surface area contributed by atoms with E-state index in [9.17, 15) is 27.9 Å². The first-order valence-corrected chi connectivity index (χ1v) is 11.9. The van der Waals surface area contributed by atoms with Crippen molar-refractivity contribution in [3.05, 3.63) is 63.3 Å². The van der Waals surface area contributed by atoms with Crippen LogP contribution in [0.15, 0.2) is 36.4 Å². The number of benzene rings is 2. The van der Waals surface area contributed by atoms with Gasteiger partial charge in [0.25, 0.3) is 5.91 Å². The van der Waals surface area contributed by atoms with Gasteiger partial charge in [0.15, 0.2) is 0 Å². The maximum Gasteiger partial charge on any atom is 0.573 e. The van der Waals surface area contributed by atoms with Crippen LogP contribution in [0.4, 0.5) is 13.2 Å². The largest absolute Gasteiger partial charge is 0.573 e. The van der Waals surface area contributed by atoms with Crippen LogP contribution in [0.2, 0.25) is 10.0 Å². The third kappa shape index (κ3) is 5.27. The number of piperidine rings is 1. The number of carboxylic acids is 1. The van der Waals surface area contributed by atoms with Gasteiger partial charge >= 0.3 is 12.3 Å². The Bertz CT molecular complexity index is 1340. The van der Waals surface area contributed by atoms with E-state index in [1.54, 1.807) is 35.6 Å². The fraction of sp³-hybridized carbons (Fsp3) is 0.360. The Kier molecular flexibility index (Phi) is 7.16. The quantitative estimate of drug-likeness (QED) is 0.419. The highest BCUT2D eigenvalue weighted by atomic mass is 35.5. The molecule has 6 nitrogen and oxygen atoms in total. The number of halogens is 5. The molecule has 0 radical (unpaired) electrons. The smallest absolute Gasteiger partial charge is 0.481 e. The molecular weight excluding hydrogens is 520 g/mol. The molecule has 2 atom stereocenters. The number of hydrogen-bond donors (Lipinski definition) is 1. The van der Waals surface area contributed by atoms with E-state index < -0.39 is 18.2 Å². The van der Waals surface area contributed by atoms with Crippen LogP contribution in [-0.2, 0) is 18.3 Å². The van der Waals surface area contributed by atoms with Crippen molar-refractivity contribution in [1.82, 2.24) is 9.47 Å². The summed E-state index contributed by atoms with van der Waals surface area (Å²) in [6.07, 6.45) is -4.20. The molecule has 3 aromatic rings. The molecule has 4 rings (SSSR count). The van der Waals surface area contributed by atoms with E-state index in [1.165, 1.54) is 18.2 Å². The van der Waals surface area contributed by atoms with Gasteiger partial charge < -0.3 is 19.3 Å². The van der Waals surface area contributed by atoms with E-state index in [4.69, 9.17) is 23.2 Å². The predicted molar refractivity (Wildman–Crippen MR) is 130 cm³/mol. The van der Waals surface area contributed by atoms with Crippen LogP contribution in [0.5, 0.6) is 5.75 Å². The van der Waals surface area contributed by atoms with Gasteiger partial charge in [0, 0.05) is 48.7 Å². The molecule has 1 aliphatic heterocycles. The van der Waals surface area contributed by atoms with Crippen LogP contribution in [-0.4, -0.2) is 45.9 Å². The van der Waals surface area contributed by atoms with Crippen LogP contribution in [0, 0.1) is 11.8 Å². The first-order chi connectivity index (χ1) is 16.9. The lowest BCUT2D eigenvalue weighted by atomic mass is 9.86. The molecule has 1 N–H and O–H groups in total. The molecule has 0 spiro atoms. The lowest BCUT2D eigenvalue weighted by molar-refractivity contribution is -0.274. The van der Waals surface area contributed by atoms with E-state index in [0.29, 0.717) is 41.0 Å². The number of fused-ring (bicyclic) bond motifs is 1. The number of aryl methyl sites for hydroxylation is 1. The van der Waals surface area contributed by atoms with Gasteiger partial charge in [-0.1, -0.05) is 30.1 Å². The van der Waals surface area contributed by atoms with Gasteiger partial charge in [0.2, 0.25) is 0 Å². The molecule has 1 saturated heterocycles. The van der Waals surface area contributed by atoms with Crippen LogP contribution in [0.25, 0.3) is 10.9 Å². The minimum absolute atomic E-state index is 0.187. The van der Waals surface area contributed by atoms with Crippen molar-refractivity contribution in [2.24, 2.45) is 18.9 Å². The van der Waals surface area contributed by atoms with E-state index in [-0.39, 0.29) is 34.6 Å². The third-order valence-electron chi connectivity index (χ3n) is 6.63. The maximum absolute atomic E-state index is 13.3. The summed E-state index contributed by atoms with van der Waals surface area (Å²) in [7, 11) is 1.71. The second-order valence-corrected chi connectivity index (χ2v) is 9.77. The highest BCUT2D eigenvalue weighted by Gasteiger charge is 2.34. The van der Waals surface area contributed by atoms with Gasteiger partial charge in [0.1, 0.15) is 5.75 Å². The zero-order chi connectivity index (χ0) is 26.4. The molecule has 36 heavy (non-hydrogen) atoms. The van der Waals surface area contributed by atoms with Crippen LogP contribution >= 0.6 is 23.2 Å². The molecule has 1 aliphatic rings. The first-order valence-electron chi connectivity index (χ1n) is 11.2. The van der Waals surface area contributed by atoms with Gasteiger partial charge in [-0.3, -0.25) is 9.59 Å². The van der Waals surface area contributed by atoms with Crippen molar-refractivity contribution >= 4 is 46.0 Å². The molecule has 0 bridgehead atoms. The van der Waals surface area contributed by atoms with E-state index in [2.05, 4.69) is 4.74 Å². The molecule has 11 heteroatoms. The molecule has 1 aromatic heterocycles. The summed E-state index contributed by atoms with van der Waals surface area (Å²) in [5.41, 5.74) is 2.02. The summed E-state index contributed by atoms with van der Waals surface area (Å²) in [6.45, 7) is 2.41. The summed E-state index contributed by atoms with van der Waals surface area (Å²) in [5.74, 6) is -2.20. The van der Waals surface area contributed by atoms with Crippen molar-refractivity contribution in [2.75, 3.05) is 13.1 Å². The summed E-state index contributed by atoms with van der Waals surface area (Å²) in [6, 6.07) is 9.02. The minimum Gasteiger partial charge on any atom is -0.481 e. The summed E-state index contributed by atoms with van der Waals surface area (Å²) in [4.78, 5) is 26.3. The summed E-state index contributed by atoms with van der Waals surface area (Å²) in [5, 5.41) is 10.6. The van der Waals surface area contributed by atoms with Gasteiger partial charge in [-0.2, -0.15) is 0 Å². The van der Waals surface area contributed by atoms with Crippen LogP contribution in [0.3, 0.4) is 0 Å². The maximum atomic E-state index is 13.3. The number of aromatic nitrogens is 1. The standard InChI is InChI=1S/C25H23Cl2F3N2O4/c1-13-12-32(8-7-17(13)24(34)35)23(33)18-5-6-20(26)19(22(18)27)10-15-9-14-3-4-16(36-25(28,29)30)11-21(14)31(15)2/h3-6,9,11,13,17H,7-8,10,12H2,1-2H3,(H,34,35)/t13-,17+/m1/s1. The Morgan fingerprint density at radius 1 is 1.17 bits per heavy atom. The second kappa shape index (κ2) is 9.86. The topological polar surface area (TPSA) is 71.8 Å². The predicted octanol–water partition coefficient (Wildman–Crippen LogP) is 6.16. The number of hydrogen-bond acceptors (Lipinski definition) is 3. The molecule has 1 amide bonds.